The predicted molar refractivity (Wildman–Crippen MR) is 72.3 cm³/mol. The average Bonchev–Trinajstić information content (AvgIpc) is 2.53. The number of nitrogens with zero attached hydrogens (tertiary/aromatic N) is 3. The molecule has 7 nitrogen and oxygen atoms in total. The molecule has 2 rings (SSSR count). The number of carbonyl (C=O) groups excluding carboxylic acids is 2. The number of nitrogens with one attached hydrogen (secondary N) is 1. The van der Waals surface area contributed by atoms with Crippen LogP contribution < -0.4 is 5.32 Å². The van der Waals surface area contributed by atoms with Crippen LogP contribution in [0.15, 0.2) is 12.4 Å². The van der Waals surface area contributed by atoms with Crippen molar-refractivity contribution < 1.29 is 14.3 Å². The minimum atomic E-state index is -0.534. The Morgan fingerprint density at radius 3 is 2.60 bits per heavy atom. The summed E-state index contributed by atoms with van der Waals surface area (Å²) in [6.07, 6.45) is 6.06. The molecule has 0 radical (unpaired) electrons. The number of amides is 1. The van der Waals surface area contributed by atoms with E-state index in [-0.39, 0.29) is 18.1 Å². The minimum Gasteiger partial charge on any atom is -0.464 e. The Labute approximate surface area is 117 Å². The molecule has 1 aromatic rings. The van der Waals surface area contributed by atoms with E-state index in [0.29, 0.717) is 5.82 Å². The number of esters is 1. The second-order valence-corrected chi connectivity index (χ2v) is 4.57. The van der Waals surface area contributed by atoms with Crippen molar-refractivity contribution in [3.8, 4) is 0 Å². The highest BCUT2D eigenvalue weighted by Crippen LogP contribution is 2.09. The highest BCUT2D eigenvalue weighted by Gasteiger charge is 2.16. The summed E-state index contributed by atoms with van der Waals surface area (Å²) < 4.78 is 4.53. The Balaban J connectivity index is 1.84. The summed E-state index contributed by atoms with van der Waals surface area (Å²) in [6.45, 7) is 1.84. The molecule has 1 fully saturated rings. The molecule has 0 unspecified atom stereocenters. The normalized spacial score (nSPS) is 14.8. The van der Waals surface area contributed by atoms with Crippen molar-refractivity contribution in [3.63, 3.8) is 0 Å². The summed E-state index contributed by atoms with van der Waals surface area (Å²) in [5.74, 6) is -0.0139. The number of hydrogen-bond donors (Lipinski definition) is 1. The van der Waals surface area contributed by atoms with Gasteiger partial charge in [0, 0.05) is 13.1 Å². The molecule has 0 spiro atoms. The fourth-order valence-corrected chi connectivity index (χ4v) is 2.05. The summed E-state index contributed by atoms with van der Waals surface area (Å²) in [7, 11) is 1.29. The van der Waals surface area contributed by atoms with Crippen molar-refractivity contribution in [2.24, 2.45) is 0 Å². The van der Waals surface area contributed by atoms with Crippen LogP contribution in [0, 0.1) is 0 Å². The van der Waals surface area contributed by atoms with E-state index in [9.17, 15) is 9.59 Å². The van der Waals surface area contributed by atoms with Crippen LogP contribution in [0.2, 0.25) is 0 Å². The van der Waals surface area contributed by atoms with Crippen molar-refractivity contribution in [2.75, 3.05) is 32.1 Å². The molecule has 1 N–H and O–H groups in total. The van der Waals surface area contributed by atoms with Crippen LogP contribution >= 0.6 is 0 Å². The van der Waals surface area contributed by atoms with E-state index in [1.54, 1.807) is 0 Å². The van der Waals surface area contributed by atoms with Crippen LogP contribution in [0.25, 0.3) is 0 Å². The van der Waals surface area contributed by atoms with Gasteiger partial charge in [-0.05, 0) is 19.3 Å². The molecule has 1 saturated heterocycles. The lowest BCUT2D eigenvalue weighted by Gasteiger charge is -2.26. The van der Waals surface area contributed by atoms with Crippen LogP contribution in [-0.2, 0) is 9.53 Å². The highest BCUT2D eigenvalue weighted by atomic mass is 16.5. The van der Waals surface area contributed by atoms with Gasteiger partial charge in [-0.3, -0.25) is 4.79 Å². The van der Waals surface area contributed by atoms with Crippen molar-refractivity contribution >= 4 is 17.7 Å². The number of carbonyl (C=O) groups is 2. The Morgan fingerprint density at radius 1 is 1.25 bits per heavy atom. The summed E-state index contributed by atoms with van der Waals surface area (Å²) in [4.78, 5) is 32.9. The fraction of sp³-hybridized carbons (Fsp3) is 0.538. The molecule has 1 aliphatic rings. The third-order valence-electron chi connectivity index (χ3n) is 3.18. The molecule has 2 heterocycles. The molecular weight excluding hydrogens is 260 g/mol. The zero-order valence-electron chi connectivity index (χ0n) is 11.5. The van der Waals surface area contributed by atoms with Gasteiger partial charge in [0.15, 0.2) is 5.69 Å². The fourth-order valence-electron chi connectivity index (χ4n) is 2.05. The van der Waals surface area contributed by atoms with Gasteiger partial charge in [0.2, 0.25) is 5.91 Å². The van der Waals surface area contributed by atoms with Crippen LogP contribution in [0.5, 0.6) is 0 Å². The van der Waals surface area contributed by atoms with Crippen molar-refractivity contribution in [2.45, 2.75) is 19.3 Å². The van der Waals surface area contributed by atoms with Gasteiger partial charge >= 0.3 is 5.97 Å². The molecule has 0 saturated carbocycles. The molecule has 0 aromatic carbocycles. The van der Waals surface area contributed by atoms with Crippen molar-refractivity contribution in [1.82, 2.24) is 14.9 Å². The maximum Gasteiger partial charge on any atom is 0.358 e. The zero-order chi connectivity index (χ0) is 14.4. The number of ether oxygens (including phenoxy) is 1. The van der Waals surface area contributed by atoms with E-state index >= 15 is 0 Å². The minimum absolute atomic E-state index is 0.0588. The molecule has 1 aromatic heterocycles. The lowest BCUT2D eigenvalue weighted by Crippen LogP contribution is -2.39. The molecule has 1 aliphatic heterocycles. The number of likely N-dealkylation sites (tertiary alicyclic amines) is 1. The highest BCUT2D eigenvalue weighted by molar-refractivity contribution is 5.86. The third-order valence-corrected chi connectivity index (χ3v) is 3.18. The number of anilines is 1. The molecule has 108 valence electrons. The Kier molecular flexibility index (Phi) is 4.86. The largest absolute Gasteiger partial charge is 0.464 e. The molecule has 20 heavy (non-hydrogen) atoms. The van der Waals surface area contributed by atoms with Gasteiger partial charge < -0.3 is 15.0 Å². The van der Waals surface area contributed by atoms with Crippen LogP contribution in [0.1, 0.15) is 29.8 Å². The molecule has 1 amide bonds. The smallest absolute Gasteiger partial charge is 0.358 e. The number of hydrogen-bond acceptors (Lipinski definition) is 6. The number of aromatic nitrogens is 2. The van der Waals surface area contributed by atoms with Gasteiger partial charge in [-0.15, -0.1) is 0 Å². The first-order chi connectivity index (χ1) is 9.70. The number of methoxy groups -OCH3 is 1. The average molecular weight is 278 g/mol. The molecule has 0 aliphatic carbocycles. The summed E-state index contributed by atoms with van der Waals surface area (Å²) in [5, 5.41) is 2.91. The molecule has 7 heteroatoms. The first kappa shape index (κ1) is 14.2. The standard InChI is InChI=1S/C13H18N4O3/c1-20-13(19)10-7-15-11(8-14-10)16-9-12(18)17-5-3-2-4-6-17/h7-8H,2-6,9H2,1H3,(H,15,16). The molecule has 0 bridgehead atoms. The quantitative estimate of drug-likeness (QED) is 0.816. The predicted octanol–water partition coefficient (Wildman–Crippen LogP) is 0.688. The number of piperidine rings is 1. The van der Waals surface area contributed by atoms with Gasteiger partial charge in [0.1, 0.15) is 5.82 Å². The van der Waals surface area contributed by atoms with Crippen LogP contribution in [0.4, 0.5) is 5.82 Å². The van der Waals surface area contributed by atoms with Gasteiger partial charge in [-0.2, -0.15) is 0 Å². The lowest BCUT2D eigenvalue weighted by molar-refractivity contribution is -0.130. The van der Waals surface area contributed by atoms with Gasteiger partial charge in [0.05, 0.1) is 26.0 Å². The zero-order valence-corrected chi connectivity index (χ0v) is 11.5. The second kappa shape index (κ2) is 6.83. The SMILES string of the molecule is COC(=O)c1cnc(NCC(=O)N2CCCCC2)cn1. The summed E-state index contributed by atoms with van der Waals surface area (Å²) >= 11 is 0. The maximum atomic E-state index is 11.9. The Hall–Kier alpha value is -2.18. The van der Waals surface area contributed by atoms with Gasteiger partial charge in [-0.25, -0.2) is 14.8 Å². The van der Waals surface area contributed by atoms with Gasteiger partial charge in [-0.1, -0.05) is 0 Å². The maximum absolute atomic E-state index is 11.9. The Morgan fingerprint density at radius 2 is 2.00 bits per heavy atom. The summed E-state index contributed by atoms with van der Waals surface area (Å²) in [6, 6.07) is 0. The van der Waals surface area contributed by atoms with Crippen LogP contribution in [-0.4, -0.2) is 53.5 Å². The van der Waals surface area contributed by atoms with Crippen molar-refractivity contribution in [3.05, 3.63) is 18.1 Å². The van der Waals surface area contributed by atoms with E-state index in [2.05, 4.69) is 20.0 Å². The number of rotatable bonds is 4. The Bertz CT molecular complexity index is 469. The summed E-state index contributed by atoms with van der Waals surface area (Å²) in [5.41, 5.74) is 0.139. The third kappa shape index (κ3) is 3.66. The first-order valence-corrected chi connectivity index (χ1v) is 6.62. The first-order valence-electron chi connectivity index (χ1n) is 6.62. The van der Waals surface area contributed by atoms with Crippen LogP contribution in [0.3, 0.4) is 0 Å². The monoisotopic (exact) mass is 278 g/mol. The van der Waals surface area contributed by atoms with E-state index in [4.69, 9.17) is 0 Å². The molecule has 0 atom stereocenters. The van der Waals surface area contributed by atoms with E-state index in [1.807, 2.05) is 4.90 Å². The van der Waals surface area contributed by atoms with E-state index < -0.39 is 5.97 Å². The topological polar surface area (TPSA) is 84.4 Å². The molecular formula is C13H18N4O3. The van der Waals surface area contributed by atoms with E-state index in [0.717, 1.165) is 25.9 Å². The van der Waals surface area contributed by atoms with E-state index in [1.165, 1.54) is 25.9 Å². The van der Waals surface area contributed by atoms with Crippen molar-refractivity contribution in [1.29, 1.82) is 0 Å². The second-order valence-electron chi connectivity index (χ2n) is 4.57. The lowest BCUT2D eigenvalue weighted by atomic mass is 10.1. The van der Waals surface area contributed by atoms with Gasteiger partial charge in [0.25, 0.3) is 0 Å².